The molecule has 0 unspecified atom stereocenters. The number of nitro benzene ring substituents is 1. The molecule has 0 atom stereocenters. The number of rotatable bonds is 9. The van der Waals surface area contributed by atoms with Gasteiger partial charge in [-0.25, -0.2) is 8.42 Å². The summed E-state index contributed by atoms with van der Waals surface area (Å²) in [6.07, 6.45) is 1.32. The van der Waals surface area contributed by atoms with Crippen LogP contribution >= 0.6 is 22.6 Å². The van der Waals surface area contributed by atoms with Crippen LogP contribution in [0.2, 0.25) is 0 Å². The molecule has 8 nitrogen and oxygen atoms in total. The first-order chi connectivity index (χ1) is 14.4. The van der Waals surface area contributed by atoms with Crippen molar-refractivity contribution < 1.29 is 18.1 Å². The van der Waals surface area contributed by atoms with Gasteiger partial charge in [0.2, 0.25) is 10.0 Å². The Labute approximate surface area is 189 Å². The Morgan fingerprint density at radius 3 is 2.53 bits per heavy atom. The molecule has 1 aliphatic heterocycles. The summed E-state index contributed by atoms with van der Waals surface area (Å²) < 4.78 is 28.5. The molecule has 3 rings (SSSR count). The molecule has 0 aliphatic carbocycles. The minimum absolute atomic E-state index is 0.0823. The molecule has 0 fully saturated rings. The highest BCUT2D eigenvalue weighted by Crippen LogP contribution is 2.27. The van der Waals surface area contributed by atoms with E-state index in [1.165, 1.54) is 28.6 Å². The van der Waals surface area contributed by atoms with Gasteiger partial charge >= 0.3 is 0 Å². The lowest BCUT2D eigenvalue weighted by Crippen LogP contribution is -2.44. The molecular formula is C20H22IN3O5S. The van der Waals surface area contributed by atoms with Gasteiger partial charge in [0, 0.05) is 42.2 Å². The first kappa shape index (κ1) is 22.6. The topological polar surface area (TPSA) is 101 Å². The molecule has 2 aromatic rings. The van der Waals surface area contributed by atoms with Gasteiger partial charge in [-0.15, -0.1) is 0 Å². The fourth-order valence-corrected chi connectivity index (χ4v) is 5.44. The van der Waals surface area contributed by atoms with Crippen LogP contribution in [0.4, 0.5) is 5.69 Å². The lowest BCUT2D eigenvalue weighted by Gasteiger charge is -2.31. The predicted octanol–water partition coefficient (Wildman–Crippen LogP) is 3.11. The van der Waals surface area contributed by atoms with Crippen LogP contribution in [0, 0.1) is 10.1 Å². The average molecular weight is 543 g/mol. The molecule has 0 spiro atoms. The largest absolute Gasteiger partial charge is 0.337 e. The average Bonchev–Trinajstić information content (AvgIpc) is 2.75. The number of halogens is 1. The number of carbonyl (C=O) groups excluding carboxylic acids is 1. The molecule has 0 bridgehead atoms. The van der Waals surface area contributed by atoms with Crippen LogP contribution in [0.5, 0.6) is 0 Å². The number of amides is 1. The Kier molecular flexibility index (Phi) is 7.42. The number of para-hydroxylation sites is 1. The second kappa shape index (κ2) is 9.84. The third-order valence-electron chi connectivity index (χ3n) is 5.03. The number of hydrogen-bond acceptors (Lipinski definition) is 5. The SMILES string of the molecule is O=C1c2ccccc2CCN1CCN(CCCI)S(=O)(=O)c1ccccc1[N+](=O)[O-]. The van der Waals surface area contributed by atoms with E-state index in [4.69, 9.17) is 0 Å². The van der Waals surface area contributed by atoms with Crippen LogP contribution in [0.3, 0.4) is 0 Å². The smallest absolute Gasteiger partial charge is 0.289 e. The van der Waals surface area contributed by atoms with Crippen molar-refractivity contribution in [3.63, 3.8) is 0 Å². The number of hydrogen-bond donors (Lipinski definition) is 0. The predicted molar refractivity (Wildman–Crippen MR) is 121 cm³/mol. The Hall–Kier alpha value is -2.05. The summed E-state index contributed by atoms with van der Waals surface area (Å²) in [5.74, 6) is -0.117. The molecule has 0 saturated carbocycles. The van der Waals surface area contributed by atoms with E-state index in [1.807, 2.05) is 18.2 Å². The van der Waals surface area contributed by atoms with Crippen LogP contribution in [-0.2, 0) is 16.4 Å². The van der Waals surface area contributed by atoms with E-state index in [9.17, 15) is 23.3 Å². The molecule has 0 radical (unpaired) electrons. The summed E-state index contributed by atoms with van der Waals surface area (Å²) in [6.45, 7) is 1.06. The number of nitrogens with zero attached hydrogens (tertiary/aromatic N) is 3. The zero-order valence-electron chi connectivity index (χ0n) is 16.2. The van der Waals surface area contributed by atoms with Crippen LogP contribution in [0.25, 0.3) is 0 Å². The Morgan fingerprint density at radius 2 is 1.80 bits per heavy atom. The number of alkyl halides is 1. The minimum Gasteiger partial charge on any atom is -0.337 e. The number of carbonyl (C=O) groups is 1. The van der Waals surface area contributed by atoms with Gasteiger partial charge in [0.15, 0.2) is 4.90 Å². The summed E-state index contributed by atoms with van der Waals surface area (Å²) in [6, 6.07) is 12.8. The van der Waals surface area contributed by atoms with E-state index in [0.717, 1.165) is 9.99 Å². The second-order valence-corrected chi connectivity index (χ2v) is 9.86. The van der Waals surface area contributed by atoms with E-state index < -0.39 is 20.6 Å². The second-order valence-electron chi connectivity index (χ2n) is 6.87. The van der Waals surface area contributed by atoms with Crippen molar-refractivity contribution in [3.8, 4) is 0 Å². The standard InChI is InChI=1S/C20H22IN3O5S/c21-11-5-12-23(30(28,29)19-9-4-3-8-18(19)24(26)27)15-14-22-13-10-16-6-1-2-7-17(16)20(22)25/h1-4,6-9H,5,10-15H2. The highest BCUT2D eigenvalue weighted by molar-refractivity contribution is 14.1. The van der Waals surface area contributed by atoms with Crippen LogP contribution in [0.15, 0.2) is 53.4 Å². The lowest BCUT2D eigenvalue weighted by atomic mass is 9.99. The fraction of sp³-hybridized carbons (Fsp3) is 0.350. The third-order valence-corrected chi connectivity index (χ3v) is 7.74. The van der Waals surface area contributed by atoms with Crippen LogP contribution < -0.4 is 0 Å². The number of fused-ring (bicyclic) bond motifs is 1. The van der Waals surface area contributed by atoms with Crippen molar-refractivity contribution in [2.24, 2.45) is 0 Å². The monoisotopic (exact) mass is 543 g/mol. The van der Waals surface area contributed by atoms with Crippen LogP contribution in [0.1, 0.15) is 22.3 Å². The van der Waals surface area contributed by atoms with E-state index in [1.54, 1.807) is 11.0 Å². The van der Waals surface area contributed by atoms with Gasteiger partial charge in [-0.05, 0) is 30.5 Å². The maximum atomic E-state index is 13.2. The molecule has 1 amide bonds. The van der Waals surface area contributed by atoms with E-state index in [-0.39, 0.29) is 30.4 Å². The Balaban J connectivity index is 1.82. The quantitative estimate of drug-likeness (QED) is 0.210. The Morgan fingerprint density at radius 1 is 1.10 bits per heavy atom. The van der Waals surface area contributed by atoms with Crippen LogP contribution in [-0.4, -0.2) is 59.1 Å². The molecule has 160 valence electrons. The number of sulfonamides is 1. The van der Waals surface area contributed by atoms with E-state index in [2.05, 4.69) is 22.6 Å². The zero-order valence-corrected chi connectivity index (χ0v) is 19.2. The Bertz CT molecular complexity index is 1040. The maximum absolute atomic E-state index is 13.2. The summed E-state index contributed by atoms with van der Waals surface area (Å²) >= 11 is 2.16. The van der Waals surface area contributed by atoms with Gasteiger partial charge in [0.25, 0.3) is 11.6 Å². The minimum atomic E-state index is -4.08. The maximum Gasteiger partial charge on any atom is 0.289 e. The third kappa shape index (κ3) is 4.81. The molecule has 1 aliphatic rings. The highest BCUT2D eigenvalue weighted by atomic mass is 127. The van der Waals surface area contributed by atoms with Gasteiger partial charge in [0.05, 0.1) is 4.92 Å². The fourth-order valence-electron chi connectivity index (χ4n) is 3.47. The van der Waals surface area contributed by atoms with Crippen molar-refractivity contribution in [2.45, 2.75) is 17.7 Å². The normalized spacial score (nSPS) is 14.1. The van der Waals surface area contributed by atoms with E-state index in [0.29, 0.717) is 24.9 Å². The number of nitro groups is 1. The van der Waals surface area contributed by atoms with Crippen molar-refractivity contribution >= 4 is 44.2 Å². The first-order valence-corrected chi connectivity index (χ1v) is 12.5. The molecule has 0 saturated heterocycles. The van der Waals surface area contributed by atoms with Gasteiger partial charge < -0.3 is 4.90 Å². The molecule has 30 heavy (non-hydrogen) atoms. The van der Waals surface area contributed by atoms with Gasteiger partial charge in [0.1, 0.15) is 0 Å². The van der Waals surface area contributed by atoms with Crippen molar-refractivity contribution in [1.29, 1.82) is 0 Å². The summed E-state index contributed by atoms with van der Waals surface area (Å²) in [4.78, 5) is 24.8. The molecule has 2 aromatic carbocycles. The van der Waals surface area contributed by atoms with Crippen molar-refractivity contribution in [3.05, 3.63) is 69.8 Å². The van der Waals surface area contributed by atoms with Crippen molar-refractivity contribution in [1.82, 2.24) is 9.21 Å². The van der Waals surface area contributed by atoms with Crippen molar-refractivity contribution in [2.75, 3.05) is 30.6 Å². The summed E-state index contributed by atoms with van der Waals surface area (Å²) in [7, 11) is -4.08. The molecular weight excluding hydrogens is 521 g/mol. The zero-order chi connectivity index (χ0) is 21.7. The molecule has 0 aromatic heterocycles. The first-order valence-electron chi connectivity index (χ1n) is 9.53. The van der Waals surface area contributed by atoms with E-state index >= 15 is 0 Å². The van der Waals surface area contributed by atoms with Gasteiger partial charge in [-0.1, -0.05) is 52.9 Å². The molecule has 1 heterocycles. The molecule has 10 heteroatoms. The molecule has 0 N–H and O–H groups in total. The van der Waals surface area contributed by atoms with Gasteiger partial charge in [-0.3, -0.25) is 14.9 Å². The highest BCUT2D eigenvalue weighted by Gasteiger charge is 2.32. The lowest BCUT2D eigenvalue weighted by molar-refractivity contribution is -0.387. The summed E-state index contributed by atoms with van der Waals surface area (Å²) in [5, 5.41) is 11.3. The summed E-state index contributed by atoms with van der Waals surface area (Å²) in [5.41, 5.74) is 1.19. The number of benzene rings is 2. The van der Waals surface area contributed by atoms with Gasteiger partial charge in [-0.2, -0.15) is 4.31 Å².